The molecule has 92 valence electrons. The van der Waals surface area contributed by atoms with Gasteiger partial charge in [-0.1, -0.05) is 0 Å². The van der Waals surface area contributed by atoms with Gasteiger partial charge in [-0.2, -0.15) is 13.2 Å². The minimum absolute atomic E-state index is 0.0324. The average molecular weight is 247 g/mol. The smallest absolute Gasteiger partial charge is 0.471 e. The van der Waals surface area contributed by atoms with Crippen molar-refractivity contribution >= 4 is 17.6 Å². The van der Waals surface area contributed by atoms with Crippen LogP contribution in [0.5, 0.6) is 0 Å². The van der Waals surface area contributed by atoms with Gasteiger partial charge in [0.15, 0.2) is 0 Å². The van der Waals surface area contributed by atoms with Gasteiger partial charge in [0, 0.05) is 5.69 Å². The first kappa shape index (κ1) is 13.0. The van der Waals surface area contributed by atoms with Gasteiger partial charge in [0.2, 0.25) is 0 Å². The summed E-state index contributed by atoms with van der Waals surface area (Å²) >= 11 is 0. The van der Waals surface area contributed by atoms with Gasteiger partial charge in [0.05, 0.1) is 5.56 Å². The first-order valence-electron chi connectivity index (χ1n) is 4.44. The Morgan fingerprint density at radius 2 is 1.88 bits per heavy atom. The third-order valence-corrected chi connectivity index (χ3v) is 1.97. The van der Waals surface area contributed by atoms with Crippen molar-refractivity contribution in [3.05, 3.63) is 29.3 Å². The van der Waals surface area contributed by atoms with E-state index in [4.69, 9.17) is 5.11 Å². The zero-order valence-corrected chi connectivity index (χ0v) is 8.63. The molecule has 1 amide bonds. The summed E-state index contributed by atoms with van der Waals surface area (Å²) in [7, 11) is 0. The molecule has 1 rings (SSSR count). The number of carbonyl (C=O) groups excluding carboxylic acids is 1. The number of nitrogens with one attached hydrogen (secondary N) is 1. The summed E-state index contributed by atoms with van der Waals surface area (Å²) in [6, 6.07) is 3.39. The molecule has 0 heterocycles. The highest BCUT2D eigenvalue weighted by Gasteiger charge is 2.38. The molecule has 0 aliphatic rings. The summed E-state index contributed by atoms with van der Waals surface area (Å²) in [5.41, 5.74) is 0.127. The van der Waals surface area contributed by atoms with Crippen LogP contribution in [0.2, 0.25) is 0 Å². The van der Waals surface area contributed by atoms with E-state index in [1.54, 1.807) is 5.32 Å². The predicted molar refractivity (Wildman–Crippen MR) is 52.8 cm³/mol. The Kier molecular flexibility index (Phi) is 3.40. The molecule has 0 fully saturated rings. The van der Waals surface area contributed by atoms with Crippen molar-refractivity contribution in [2.24, 2.45) is 0 Å². The number of carboxylic acids is 1. The van der Waals surface area contributed by atoms with E-state index in [0.29, 0.717) is 0 Å². The molecule has 0 saturated carbocycles. The monoisotopic (exact) mass is 247 g/mol. The molecule has 0 saturated heterocycles. The molecule has 2 N–H and O–H groups in total. The number of rotatable bonds is 2. The molecule has 0 aliphatic heterocycles. The molecule has 0 atom stereocenters. The zero-order valence-electron chi connectivity index (χ0n) is 8.63. The van der Waals surface area contributed by atoms with Crippen molar-refractivity contribution in [2.75, 3.05) is 5.32 Å². The van der Waals surface area contributed by atoms with E-state index in [9.17, 15) is 22.8 Å². The van der Waals surface area contributed by atoms with E-state index in [0.717, 1.165) is 18.2 Å². The Labute approximate surface area is 94.1 Å². The molecule has 1 aromatic rings. The standard InChI is InChI=1S/C10H8F3NO3/c1-5-4-6(2-3-7(5)8(15)16)14-9(17)10(11,12)13/h2-4H,1H3,(H,14,17)(H,15,16). The normalized spacial score (nSPS) is 11.1. The van der Waals surface area contributed by atoms with Crippen LogP contribution < -0.4 is 5.32 Å². The van der Waals surface area contributed by atoms with Gasteiger partial charge in [-0.15, -0.1) is 0 Å². The lowest BCUT2D eigenvalue weighted by Crippen LogP contribution is -2.29. The summed E-state index contributed by atoms with van der Waals surface area (Å²) in [6.07, 6.45) is -4.97. The highest BCUT2D eigenvalue weighted by molar-refractivity contribution is 5.96. The van der Waals surface area contributed by atoms with Crippen LogP contribution in [-0.4, -0.2) is 23.2 Å². The Hall–Kier alpha value is -2.05. The SMILES string of the molecule is Cc1cc(NC(=O)C(F)(F)F)ccc1C(=O)O. The van der Waals surface area contributed by atoms with E-state index in [-0.39, 0.29) is 16.8 Å². The number of hydrogen-bond donors (Lipinski definition) is 2. The van der Waals surface area contributed by atoms with Crippen LogP contribution in [0.4, 0.5) is 18.9 Å². The first-order chi connectivity index (χ1) is 7.71. The highest BCUT2D eigenvalue weighted by atomic mass is 19.4. The van der Waals surface area contributed by atoms with E-state index in [1.165, 1.54) is 6.92 Å². The van der Waals surface area contributed by atoms with Gasteiger partial charge in [-0.05, 0) is 30.7 Å². The molecule has 0 bridgehead atoms. The number of amides is 1. The van der Waals surface area contributed by atoms with E-state index >= 15 is 0 Å². The highest BCUT2D eigenvalue weighted by Crippen LogP contribution is 2.20. The lowest BCUT2D eigenvalue weighted by molar-refractivity contribution is -0.167. The molecule has 4 nitrogen and oxygen atoms in total. The minimum atomic E-state index is -4.97. The Balaban J connectivity index is 2.92. The third-order valence-electron chi connectivity index (χ3n) is 1.97. The number of benzene rings is 1. The number of alkyl halides is 3. The Morgan fingerprint density at radius 3 is 2.29 bits per heavy atom. The maximum absolute atomic E-state index is 11.9. The van der Waals surface area contributed by atoms with Crippen LogP contribution in [0, 0.1) is 6.92 Å². The van der Waals surface area contributed by atoms with Crippen LogP contribution in [0.1, 0.15) is 15.9 Å². The fraction of sp³-hybridized carbons (Fsp3) is 0.200. The topological polar surface area (TPSA) is 66.4 Å². The number of carboxylic acid groups (broad SMARTS) is 1. The van der Waals surface area contributed by atoms with Crippen LogP contribution in [0.3, 0.4) is 0 Å². The third kappa shape index (κ3) is 3.20. The van der Waals surface area contributed by atoms with Gasteiger partial charge in [-0.3, -0.25) is 4.79 Å². The predicted octanol–water partition coefficient (Wildman–Crippen LogP) is 2.19. The van der Waals surface area contributed by atoms with Gasteiger partial charge in [-0.25, -0.2) is 4.79 Å². The summed E-state index contributed by atoms with van der Waals surface area (Å²) in [5, 5.41) is 10.3. The van der Waals surface area contributed by atoms with Crippen molar-refractivity contribution in [2.45, 2.75) is 13.1 Å². The van der Waals surface area contributed by atoms with Crippen LogP contribution in [0.25, 0.3) is 0 Å². The average Bonchev–Trinajstić information content (AvgIpc) is 2.15. The van der Waals surface area contributed by atoms with Crippen LogP contribution in [-0.2, 0) is 4.79 Å². The van der Waals surface area contributed by atoms with E-state index < -0.39 is 18.1 Å². The summed E-state index contributed by atoms with van der Waals surface area (Å²) in [6.45, 7) is 1.42. The molecule has 0 aromatic heterocycles. The number of aryl methyl sites for hydroxylation is 1. The molecule has 7 heteroatoms. The molecular weight excluding hydrogens is 239 g/mol. The van der Waals surface area contributed by atoms with Crippen molar-refractivity contribution < 1.29 is 27.9 Å². The second kappa shape index (κ2) is 4.44. The summed E-state index contributed by atoms with van der Waals surface area (Å²) in [4.78, 5) is 21.3. The maximum Gasteiger partial charge on any atom is 0.471 e. The molecule has 0 spiro atoms. The zero-order chi connectivity index (χ0) is 13.2. The number of anilines is 1. The Morgan fingerprint density at radius 1 is 1.29 bits per heavy atom. The van der Waals surface area contributed by atoms with Crippen molar-refractivity contribution in [1.29, 1.82) is 0 Å². The number of aromatic carboxylic acids is 1. The quantitative estimate of drug-likeness (QED) is 0.841. The fourth-order valence-electron chi connectivity index (χ4n) is 1.18. The van der Waals surface area contributed by atoms with Crippen molar-refractivity contribution in [3.8, 4) is 0 Å². The second-order valence-corrected chi connectivity index (χ2v) is 3.29. The largest absolute Gasteiger partial charge is 0.478 e. The summed E-state index contributed by atoms with van der Waals surface area (Å²) < 4.78 is 35.8. The van der Waals surface area contributed by atoms with Crippen LogP contribution in [0.15, 0.2) is 18.2 Å². The number of hydrogen-bond acceptors (Lipinski definition) is 2. The lowest BCUT2D eigenvalue weighted by atomic mass is 10.1. The lowest BCUT2D eigenvalue weighted by Gasteiger charge is -2.09. The molecule has 0 radical (unpaired) electrons. The molecular formula is C10H8F3NO3. The molecule has 17 heavy (non-hydrogen) atoms. The number of halogens is 3. The van der Waals surface area contributed by atoms with Gasteiger partial charge < -0.3 is 10.4 Å². The molecule has 0 aliphatic carbocycles. The van der Waals surface area contributed by atoms with Crippen molar-refractivity contribution in [3.63, 3.8) is 0 Å². The van der Waals surface area contributed by atoms with Gasteiger partial charge in [0.25, 0.3) is 0 Å². The second-order valence-electron chi connectivity index (χ2n) is 3.29. The van der Waals surface area contributed by atoms with Gasteiger partial charge in [0.1, 0.15) is 0 Å². The van der Waals surface area contributed by atoms with E-state index in [2.05, 4.69) is 0 Å². The van der Waals surface area contributed by atoms with Crippen LogP contribution >= 0.6 is 0 Å². The van der Waals surface area contributed by atoms with E-state index in [1.807, 2.05) is 0 Å². The van der Waals surface area contributed by atoms with Gasteiger partial charge >= 0.3 is 18.1 Å². The molecule has 0 unspecified atom stereocenters. The molecule has 1 aromatic carbocycles. The fourth-order valence-corrected chi connectivity index (χ4v) is 1.18. The maximum atomic E-state index is 11.9. The van der Waals surface area contributed by atoms with Crippen molar-refractivity contribution in [1.82, 2.24) is 0 Å². The minimum Gasteiger partial charge on any atom is -0.478 e. The Bertz CT molecular complexity index is 468. The first-order valence-corrected chi connectivity index (χ1v) is 4.44. The number of carbonyl (C=O) groups is 2. The summed E-state index contributed by atoms with van der Waals surface area (Å²) in [5.74, 6) is -3.28.